The van der Waals surface area contributed by atoms with Crippen molar-refractivity contribution in [2.24, 2.45) is 0 Å². The molecule has 0 bridgehead atoms. The smallest absolute Gasteiger partial charge is 0.249 e. The van der Waals surface area contributed by atoms with Crippen LogP contribution in [0.25, 0.3) is 0 Å². The molecule has 0 unspecified atom stereocenters. The number of carbonyl (C=O) groups is 3. The van der Waals surface area contributed by atoms with E-state index in [0.29, 0.717) is 64.6 Å². The molecule has 4 fully saturated rings. The monoisotopic (exact) mass is 573 g/mol. The lowest BCUT2D eigenvalue weighted by Gasteiger charge is -2.41. The molecule has 13 heteroatoms. The van der Waals surface area contributed by atoms with E-state index in [2.05, 4.69) is 16.0 Å². The Bertz CT molecular complexity index is 836. The lowest BCUT2D eigenvalue weighted by Crippen LogP contribution is -2.60. The van der Waals surface area contributed by atoms with Crippen molar-refractivity contribution >= 4 is 17.7 Å². The average Bonchev–Trinajstić information content (AvgIpc) is 2.95. The molecule has 3 amide bonds. The fourth-order valence-electron chi connectivity index (χ4n) is 5.89. The van der Waals surface area contributed by atoms with Gasteiger partial charge in [-0.25, -0.2) is 8.78 Å². The van der Waals surface area contributed by atoms with Crippen molar-refractivity contribution in [1.29, 1.82) is 0 Å². The van der Waals surface area contributed by atoms with Crippen LogP contribution in [0.3, 0.4) is 0 Å². The molecule has 40 heavy (non-hydrogen) atoms. The van der Waals surface area contributed by atoms with Crippen LogP contribution in [0.1, 0.15) is 51.4 Å². The second-order valence-electron chi connectivity index (χ2n) is 11.2. The van der Waals surface area contributed by atoms with Crippen molar-refractivity contribution in [1.82, 2.24) is 25.8 Å². The number of ether oxygens (including phenoxy) is 3. The zero-order chi connectivity index (χ0) is 28.4. The normalized spacial score (nSPS) is 28.9. The van der Waals surface area contributed by atoms with E-state index >= 15 is 0 Å². The number of carbonyl (C=O) groups excluding carboxylic acids is 3. The molecule has 3 N–H and O–H groups in total. The van der Waals surface area contributed by atoms with Crippen LogP contribution in [0.5, 0.6) is 0 Å². The Morgan fingerprint density at radius 1 is 0.850 bits per heavy atom. The molecular weight excluding hydrogens is 528 g/mol. The van der Waals surface area contributed by atoms with Gasteiger partial charge in [-0.15, -0.1) is 0 Å². The maximum Gasteiger partial charge on any atom is 0.249 e. The van der Waals surface area contributed by atoms with Crippen LogP contribution in [0, 0.1) is 0 Å². The maximum atomic E-state index is 13.6. The predicted molar refractivity (Wildman–Crippen MR) is 142 cm³/mol. The molecule has 0 aromatic rings. The van der Waals surface area contributed by atoms with Crippen LogP contribution in [0.2, 0.25) is 0 Å². The molecule has 0 spiro atoms. The van der Waals surface area contributed by atoms with Crippen LogP contribution in [-0.4, -0.2) is 130 Å². The number of piperidine rings is 1. The quantitative estimate of drug-likeness (QED) is 0.414. The van der Waals surface area contributed by atoms with E-state index in [1.54, 1.807) is 4.90 Å². The van der Waals surface area contributed by atoms with Crippen molar-refractivity contribution in [2.45, 2.75) is 81.5 Å². The van der Waals surface area contributed by atoms with Crippen molar-refractivity contribution < 1.29 is 37.4 Å². The Morgan fingerprint density at radius 3 is 2.35 bits per heavy atom. The summed E-state index contributed by atoms with van der Waals surface area (Å²) in [5.74, 6) is -3.46. The van der Waals surface area contributed by atoms with Gasteiger partial charge in [-0.1, -0.05) is 0 Å². The van der Waals surface area contributed by atoms with Gasteiger partial charge in [0.05, 0.1) is 26.4 Å². The number of hydrogen-bond donors (Lipinski definition) is 3. The summed E-state index contributed by atoms with van der Waals surface area (Å²) in [6.07, 6.45) is 3.30. The van der Waals surface area contributed by atoms with E-state index in [4.69, 9.17) is 14.2 Å². The fourth-order valence-corrected chi connectivity index (χ4v) is 5.89. The summed E-state index contributed by atoms with van der Waals surface area (Å²) >= 11 is 0. The number of hydrogen-bond acceptors (Lipinski definition) is 8. The minimum absolute atomic E-state index is 0.0260. The first-order valence-electron chi connectivity index (χ1n) is 14.8. The minimum atomic E-state index is -2.60. The lowest BCUT2D eigenvalue weighted by atomic mass is 9.89. The molecule has 0 aromatic heterocycles. The SMILES string of the molecule is O=C1NCCOCCOCC(=O)N(CCNC2CCOCC2)CC(=O)N2CC[C@@H](NC3CCC(F)(F)CC3)C[C@@H]12. The summed E-state index contributed by atoms with van der Waals surface area (Å²) in [4.78, 5) is 42.9. The van der Waals surface area contributed by atoms with Crippen LogP contribution < -0.4 is 16.0 Å². The Morgan fingerprint density at radius 2 is 1.57 bits per heavy atom. The lowest BCUT2D eigenvalue weighted by molar-refractivity contribution is -0.148. The standard InChI is InChI=1S/C27H45F2N5O6/c28-27(29)6-1-21(2-7-27)32-22-3-10-34-23(17-22)26(37)31-9-14-39-15-16-40-19-25(36)33(18-24(34)35)11-8-30-20-4-12-38-13-5-20/h20-23,30,32H,1-19H2,(H,31,37)/t22-,23+/m1/s1. The molecule has 3 saturated heterocycles. The average molecular weight is 574 g/mol. The third-order valence-corrected chi connectivity index (χ3v) is 8.27. The number of nitrogens with zero attached hydrogens (tertiary/aromatic N) is 2. The second-order valence-corrected chi connectivity index (χ2v) is 11.2. The first-order chi connectivity index (χ1) is 19.3. The highest BCUT2D eigenvalue weighted by molar-refractivity contribution is 5.90. The zero-order valence-electron chi connectivity index (χ0n) is 23.3. The van der Waals surface area contributed by atoms with E-state index in [0.717, 1.165) is 12.8 Å². The van der Waals surface area contributed by atoms with Gasteiger partial charge in [0.15, 0.2) is 0 Å². The van der Waals surface area contributed by atoms with Crippen molar-refractivity contribution in [3.63, 3.8) is 0 Å². The van der Waals surface area contributed by atoms with Crippen LogP contribution >= 0.6 is 0 Å². The van der Waals surface area contributed by atoms with Gasteiger partial charge in [-0.05, 0) is 38.5 Å². The minimum Gasteiger partial charge on any atom is -0.381 e. The third-order valence-electron chi connectivity index (χ3n) is 8.27. The molecule has 2 atom stereocenters. The molecule has 4 rings (SSSR count). The highest BCUT2D eigenvalue weighted by Gasteiger charge is 2.40. The van der Waals surface area contributed by atoms with Gasteiger partial charge < -0.3 is 40.0 Å². The molecule has 0 aromatic carbocycles. The van der Waals surface area contributed by atoms with Gasteiger partial charge >= 0.3 is 0 Å². The van der Waals surface area contributed by atoms with E-state index in [-0.39, 0.29) is 82.2 Å². The number of nitrogens with one attached hydrogen (secondary N) is 3. The molecular formula is C27H45F2N5O6. The van der Waals surface area contributed by atoms with E-state index in [1.165, 1.54) is 4.90 Å². The molecule has 3 heterocycles. The Balaban J connectivity index is 1.39. The predicted octanol–water partition coefficient (Wildman–Crippen LogP) is 0.274. The van der Waals surface area contributed by atoms with Crippen molar-refractivity contribution in [3.8, 4) is 0 Å². The summed E-state index contributed by atoms with van der Waals surface area (Å²) in [7, 11) is 0. The molecule has 228 valence electrons. The first kappa shape index (κ1) is 31.0. The molecule has 1 aliphatic carbocycles. The number of rotatable bonds is 6. The van der Waals surface area contributed by atoms with Gasteiger partial charge in [0.2, 0.25) is 23.6 Å². The molecule has 4 aliphatic rings. The van der Waals surface area contributed by atoms with E-state index in [9.17, 15) is 23.2 Å². The number of alkyl halides is 2. The fraction of sp³-hybridized carbons (Fsp3) is 0.889. The first-order valence-corrected chi connectivity index (χ1v) is 14.8. The summed E-state index contributed by atoms with van der Waals surface area (Å²) in [6.45, 7) is 3.41. The number of amides is 3. The summed E-state index contributed by atoms with van der Waals surface area (Å²) in [5.41, 5.74) is 0. The molecule has 11 nitrogen and oxygen atoms in total. The Hall–Kier alpha value is -1.93. The van der Waals surface area contributed by atoms with E-state index < -0.39 is 12.0 Å². The molecule has 0 radical (unpaired) electrons. The van der Waals surface area contributed by atoms with Crippen molar-refractivity contribution in [3.05, 3.63) is 0 Å². The zero-order valence-corrected chi connectivity index (χ0v) is 23.3. The number of halogens is 2. The highest BCUT2D eigenvalue weighted by atomic mass is 19.3. The summed E-state index contributed by atoms with van der Waals surface area (Å²) in [5, 5.41) is 9.80. The molecule has 1 saturated carbocycles. The highest BCUT2D eigenvalue weighted by Crippen LogP contribution is 2.33. The Labute approximate surface area is 235 Å². The Kier molecular flexibility index (Phi) is 11.9. The van der Waals surface area contributed by atoms with Gasteiger partial charge in [0.25, 0.3) is 0 Å². The summed E-state index contributed by atoms with van der Waals surface area (Å²) < 4.78 is 43.6. The van der Waals surface area contributed by atoms with Gasteiger partial charge in [0, 0.05) is 70.4 Å². The van der Waals surface area contributed by atoms with Gasteiger partial charge in [-0.3, -0.25) is 14.4 Å². The third kappa shape index (κ3) is 9.57. The van der Waals surface area contributed by atoms with Gasteiger partial charge in [-0.2, -0.15) is 0 Å². The van der Waals surface area contributed by atoms with Crippen molar-refractivity contribution in [2.75, 3.05) is 72.4 Å². The van der Waals surface area contributed by atoms with E-state index in [1.807, 2.05) is 0 Å². The topological polar surface area (TPSA) is 121 Å². The van der Waals surface area contributed by atoms with Crippen LogP contribution in [0.15, 0.2) is 0 Å². The van der Waals surface area contributed by atoms with Crippen LogP contribution in [0.4, 0.5) is 8.78 Å². The van der Waals surface area contributed by atoms with Crippen LogP contribution in [-0.2, 0) is 28.6 Å². The summed E-state index contributed by atoms with van der Waals surface area (Å²) in [6, 6.07) is -0.500. The maximum absolute atomic E-state index is 13.6. The van der Waals surface area contributed by atoms with Gasteiger partial charge in [0.1, 0.15) is 12.6 Å². The largest absolute Gasteiger partial charge is 0.381 e. The second kappa shape index (κ2) is 15.3. The number of fused-ring (bicyclic) bond motifs is 1. The molecule has 3 aliphatic heterocycles.